The second-order valence-corrected chi connectivity index (χ2v) is 5.78. The van der Waals surface area contributed by atoms with Crippen LogP contribution in [0.4, 0.5) is 0 Å². The molecule has 1 aromatic carbocycles. The van der Waals surface area contributed by atoms with Gasteiger partial charge in [0, 0.05) is 6.08 Å². The number of carbonyl (C=O) groups is 1. The van der Waals surface area contributed by atoms with Crippen LogP contribution in [0.5, 0.6) is 11.5 Å². The number of nitrogens with zero attached hydrogens (tertiary/aromatic N) is 1. The summed E-state index contributed by atoms with van der Waals surface area (Å²) < 4.78 is 27.0. The number of methoxy groups -OCH3 is 1. The first-order chi connectivity index (χ1) is 13.6. The molecule has 146 valence electrons. The number of oxazole rings is 1. The molecule has 0 saturated carbocycles. The van der Waals surface area contributed by atoms with Gasteiger partial charge in [0.15, 0.2) is 17.3 Å². The van der Waals surface area contributed by atoms with Crippen LogP contribution in [0.3, 0.4) is 0 Å². The standard InChI is InChI=1S/C21H21NO6/c1-4-25-20(23)10-8-15-7-9-17(19(12-15)24-3)27-13-16-14(2)28-21(22-16)18-6-5-11-26-18/h5-12H,4,13H2,1-3H3/b10-8+. The van der Waals surface area contributed by atoms with Gasteiger partial charge in [-0.3, -0.25) is 0 Å². The van der Waals surface area contributed by atoms with E-state index in [0.717, 1.165) is 5.56 Å². The summed E-state index contributed by atoms with van der Waals surface area (Å²) >= 11 is 0. The summed E-state index contributed by atoms with van der Waals surface area (Å²) in [6, 6.07) is 8.91. The normalized spacial score (nSPS) is 11.0. The number of aryl methyl sites for hydroxylation is 1. The Morgan fingerprint density at radius 3 is 2.82 bits per heavy atom. The van der Waals surface area contributed by atoms with Crippen molar-refractivity contribution in [3.63, 3.8) is 0 Å². The molecule has 0 saturated heterocycles. The van der Waals surface area contributed by atoms with Crippen molar-refractivity contribution in [2.75, 3.05) is 13.7 Å². The van der Waals surface area contributed by atoms with Crippen molar-refractivity contribution < 1.29 is 27.8 Å². The largest absolute Gasteiger partial charge is 0.493 e. The summed E-state index contributed by atoms with van der Waals surface area (Å²) in [7, 11) is 1.55. The van der Waals surface area contributed by atoms with Gasteiger partial charge >= 0.3 is 5.97 Å². The molecule has 0 radical (unpaired) electrons. The third-order valence-electron chi connectivity index (χ3n) is 3.88. The second kappa shape index (κ2) is 8.94. The Balaban J connectivity index is 1.70. The average Bonchev–Trinajstić information content (AvgIpc) is 3.35. The molecule has 0 N–H and O–H groups in total. The summed E-state index contributed by atoms with van der Waals surface area (Å²) in [5.74, 6) is 2.32. The molecular weight excluding hydrogens is 362 g/mol. The topological polar surface area (TPSA) is 83.9 Å². The molecule has 0 amide bonds. The molecule has 2 heterocycles. The minimum atomic E-state index is -0.393. The predicted octanol–water partition coefficient (Wildman–Crippen LogP) is 4.41. The summed E-state index contributed by atoms with van der Waals surface area (Å²) in [6.45, 7) is 4.13. The van der Waals surface area contributed by atoms with Gasteiger partial charge < -0.3 is 23.0 Å². The lowest BCUT2D eigenvalue weighted by Gasteiger charge is -2.10. The monoisotopic (exact) mass is 383 g/mol. The number of hydrogen-bond donors (Lipinski definition) is 0. The molecule has 2 aromatic heterocycles. The Bertz CT molecular complexity index is 955. The number of benzene rings is 1. The minimum absolute atomic E-state index is 0.213. The first-order valence-corrected chi connectivity index (χ1v) is 8.76. The fraction of sp³-hybridized carbons (Fsp3) is 0.238. The van der Waals surface area contributed by atoms with Crippen molar-refractivity contribution >= 4 is 12.0 Å². The zero-order valence-corrected chi connectivity index (χ0v) is 15.9. The summed E-state index contributed by atoms with van der Waals surface area (Å²) in [5.41, 5.74) is 1.45. The van der Waals surface area contributed by atoms with E-state index >= 15 is 0 Å². The lowest BCUT2D eigenvalue weighted by molar-refractivity contribution is -0.137. The Morgan fingerprint density at radius 1 is 1.25 bits per heavy atom. The molecule has 0 unspecified atom stereocenters. The number of rotatable bonds is 8. The van der Waals surface area contributed by atoms with E-state index in [9.17, 15) is 4.79 Å². The van der Waals surface area contributed by atoms with E-state index in [4.69, 9.17) is 23.0 Å². The van der Waals surface area contributed by atoms with Crippen LogP contribution in [0, 0.1) is 6.92 Å². The third-order valence-corrected chi connectivity index (χ3v) is 3.88. The van der Waals surface area contributed by atoms with Gasteiger partial charge in [-0.2, -0.15) is 0 Å². The summed E-state index contributed by atoms with van der Waals surface area (Å²) in [6.07, 6.45) is 4.59. The minimum Gasteiger partial charge on any atom is -0.493 e. The SMILES string of the molecule is CCOC(=O)/C=C/c1ccc(OCc2nc(-c3ccco3)oc2C)c(OC)c1. The number of carbonyl (C=O) groups excluding carboxylic acids is 1. The number of hydrogen-bond acceptors (Lipinski definition) is 7. The van der Waals surface area contributed by atoms with Crippen molar-refractivity contribution in [2.24, 2.45) is 0 Å². The second-order valence-electron chi connectivity index (χ2n) is 5.78. The molecule has 3 rings (SSSR count). The maximum atomic E-state index is 11.4. The van der Waals surface area contributed by atoms with Crippen LogP contribution in [0.1, 0.15) is 23.9 Å². The van der Waals surface area contributed by atoms with E-state index in [1.165, 1.54) is 6.08 Å². The molecule has 0 atom stereocenters. The van der Waals surface area contributed by atoms with Crippen LogP contribution in [-0.2, 0) is 16.1 Å². The zero-order chi connectivity index (χ0) is 19.9. The first-order valence-electron chi connectivity index (χ1n) is 8.76. The van der Waals surface area contributed by atoms with E-state index < -0.39 is 5.97 Å². The number of esters is 1. The Labute approximate surface area is 162 Å². The van der Waals surface area contributed by atoms with Crippen molar-refractivity contribution in [1.29, 1.82) is 0 Å². The van der Waals surface area contributed by atoms with Crippen LogP contribution in [-0.4, -0.2) is 24.7 Å². The average molecular weight is 383 g/mol. The van der Waals surface area contributed by atoms with Crippen LogP contribution in [0.2, 0.25) is 0 Å². The van der Waals surface area contributed by atoms with Gasteiger partial charge in [0.1, 0.15) is 18.1 Å². The lowest BCUT2D eigenvalue weighted by atomic mass is 10.2. The van der Waals surface area contributed by atoms with E-state index in [1.807, 2.05) is 13.0 Å². The van der Waals surface area contributed by atoms with E-state index in [0.29, 0.717) is 41.2 Å². The van der Waals surface area contributed by atoms with Crippen LogP contribution in [0.25, 0.3) is 17.7 Å². The van der Waals surface area contributed by atoms with Gasteiger partial charge in [0.25, 0.3) is 5.89 Å². The molecular formula is C21H21NO6. The van der Waals surface area contributed by atoms with Crippen LogP contribution in [0.15, 0.2) is 51.5 Å². The van der Waals surface area contributed by atoms with Crippen molar-refractivity contribution in [3.8, 4) is 23.1 Å². The fourth-order valence-electron chi connectivity index (χ4n) is 2.48. The van der Waals surface area contributed by atoms with Crippen molar-refractivity contribution in [1.82, 2.24) is 4.98 Å². The highest BCUT2D eigenvalue weighted by molar-refractivity contribution is 5.87. The van der Waals surface area contributed by atoms with Gasteiger partial charge in [-0.1, -0.05) is 6.07 Å². The zero-order valence-electron chi connectivity index (χ0n) is 15.9. The molecule has 0 aliphatic rings. The summed E-state index contributed by atoms with van der Waals surface area (Å²) in [5, 5.41) is 0. The van der Waals surface area contributed by atoms with Crippen LogP contribution >= 0.6 is 0 Å². The number of aromatic nitrogens is 1. The van der Waals surface area contributed by atoms with Gasteiger partial charge in [-0.25, -0.2) is 9.78 Å². The van der Waals surface area contributed by atoms with Crippen LogP contribution < -0.4 is 9.47 Å². The molecule has 0 fully saturated rings. The Morgan fingerprint density at radius 2 is 2.11 bits per heavy atom. The quantitative estimate of drug-likeness (QED) is 0.421. The fourth-order valence-corrected chi connectivity index (χ4v) is 2.48. The van der Waals surface area contributed by atoms with E-state index in [-0.39, 0.29) is 6.61 Å². The van der Waals surface area contributed by atoms with Crippen molar-refractivity contribution in [3.05, 3.63) is 59.7 Å². The molecule has 28 heavy (non-hydrogen) atoms. The van der Waals surface area contributed by atoms with Gasteiger partial charge in [0.05, 0.1) is 20.0 Å². The molecule has 0 aliphatic heterocycles. The highest BCUT2D eigenvalue weighted by Crippen LogP contribution is 2.30. The Hall–Kier alpha value is -3.48. The van der Waals surface area contributed by atoms with E-state index in [1.54, 1.807) is 50.6 Å². The number of furan rings is 1. The molecule has 0 aliphatic carbocycles. The van der Waals surface area contributed by atoms with E-state index in [2.05, 4.69) is 4.98 Å². The molecule has 0 spiro atoms. The van der Waals surface area contributed by atoms with Gasteiger partial charge in [-0.05, 0) is 49.8 Å². The van der Waals surface area contributed by atoms with Gasteiger partial charge in [0.2, 0.25) is 0 Å². The number of ether oxygens (including phenoxy) is 3. The smallest absolute Gasteiger partial charge is 0.330 e. The maximum Gasteiger partial charge on any atom is 0.330 e. The molecule has 7 heteroatoms. The highest BCUT2D eigenvalue weighted by atomic mass is 16.5. The lowest BCUT2D eigenvalue weighted by Crippen LogP contribution is -2.00. The van der Waals surface area contributed by atoms with Gasteiger partial charge in [-0.15, -0.1) is 0 Å². The summed E-state index contributed by atoms with van der Waals surface area (Å²) in [4.78, 5) is 15.8. The highest BCUT2D eigenvalue weighted by Gasteiger charge is 2.15. The third kappa shape index (κ3) is 4.62. The first kappa shape index (κ1) is 19.3. The Kier molecular flexibility index (Phi) is 6.16. The van der Waals surface area contributed by atoms with Crippen molar-refractivity contribution in [2.45, 2.75) is 20.5 Å². The molecule has 3 aromatic rings. The molecule has 7 nitrogen and oxygen atoms in total. The molecule has 0 bridgehead atoms. The predicted molar refractivity (Wildman–Crippen MR) is 102 cm³/mol. The maximum absolute atomic E-state index is 11.4.